The maximum absolute atomic E-state index is 12.8. The lowest BCUT2D eigenvalue weighted by Gasteiger charge is -2.28. The van der Waals surface area contributed by atoms with Gasteiger partial charge in [0.25, 0.3) is 0 Å². The van der Waals surface area contributed by atoms with Gasteiger partial charge in [0.05, 0.1) is 0 Å². The molecule has 1 aliphatic rings. The number of hydrogen-bond donors (Lipinski definition) is 1. The zero-order valence-electron chi connectivity index (χ0n) is 9.62. The van der Waals surface area contributed by atoms with Crippen molar-refractivity contribution >= 4 is 5.82 Å². The van der Waals surface area contributed by atoms with Gasteiger partial charge in [-0.2, -0.15) is 4.39 Å². The van der Waals surface area contributed by atoms with Crippen molar-refractivity contribution in [1.82, 2.24) is 9.97 Å². The molecule has 0 aliphatic heterocycles. The average Bonchev–Trinajstić information content (AvgIpc) is 2.28. The fraction of sp³-hybridized carbons (Fsp3) is 0.667. The summed E-state index contributed by atoms with van der Waals surface area (Å²) in [6.45, 7) is 3.18. The fourth-order valence-electron chi connectivity index (χ4n) is 2.36. The largest absolute Gasteiger partial charge is 0.370 e. The van der Waals surface area contributed by atoms with Crippen LogP contribution in [0.1, 0.15) is 32.6 Å². The van der Waals surface area contributed by atoms with E-state index in [2.05, 4.69) is 22.2 Å². The van der Waals surface area contributed by atoms with E-state index in [1.807, 2.05) is 0 Å². The summed E-state index contributed by atoms with van der Waals surface area (Å²) in [5, 5.41) is 3.19. The molecule has 2 unspecified atom stereocenters. The van der Waals surface area contributed by atoms with E-state index < -0.39 is 5.95 Å². The second-order valence-electron chi connectivity index (χ2n) is 4.63. The Morgan fingerprint density at radius 2 is 2.19 bits per heavy atom. The quantitative estimate of drug-likeness (QED) is 0.801. The Morgan fingerprint density at radius 3 is 2.94 bits per heavy atom. The van der Waals surface area contributed by atoms with Gasteiger partial charge in [-0.3, -0.25) is 0 Å². The molecule has 0 amide bonds. The average molecular weight is 223 g/mol. The van der Waals surface area contributed by atoms with E-state index in [0.29, 0.717) is 11.7 Å². The van der Waals surface area contributed by atoms with Crippen LogP contribution >= 0.6 is 0 Å². The monoisotopic (exact) mass is 223 g/mol. The standard InChI is InChI=1S/C12H18FN3/c1-9-4-2-3-5-10(9)7-14-12-6-11(13)15-8-16-12/h6,8-10H,2-5,7H2,1H3,(H,14,15,16). The molecule has 2 atom stereocenters. The summed E-state index contributed by atoms with van der Waals surface area (Å²) in [4.78, 5) is 7.42. The molecule has 0 bridgehead atoms. The predicted molar refractivity (Wildman–Crippen MR) is 61.6 cm³/mol. The molecule has 1 heterocycles. The highest BCUT2D eigenvalue weighted by molar-refractivity contribution is 5.32. The van der Waals surface area contributed by atoms with Crippen LogP contribution in [0.5, 0.6) is 0 Å². The second-order valence-corrected chi connectivity index (χ2v) is 4.63. The molecular formula is C12H18FN3. The molecule has 1 saturated carbocycles. The van der Waals surface area contributed by atoms with Crippen LogP contribution in [0, 0.1) is 17.8 Å². The molecule has 1 N–H and O–H groups in total. The normalized spacial score (nSPS) is 25.4. The molecule has 16 heavy (non-hydrogen) atoms. The number of hydrogen-bond acceptors (Lipinski definition) is 3. The van der Waals surface area contributed by atoms with Gasteiger partial charge in [-0.1, -0.05) is 26.2 Å². The van der Waals surface area contributed by atoms with E-state index in [9.17, 15) is 4.39 Å². The number of halogens is 1. The van der Waals surface area contributed by atoms with E-state index in [-0.39, 0.29) is 0 Å². The highest BCUT2D eigenvalue weighted by Crippen LogP contribution is 2.29. The lowest BCUT2D eigenvalue weighted by molar-refractivity contribution is 0.268. The summed E-state index contributed by atoms with van der Waals surface area (Å²) in [6, 6.07) is 1.34. The molecule has 1 aromatic rings. The number of anilines is 1. The van der Waals surface area contributed by atoms with Crippen molar-refractivity contribution < 1.29 is 4.39 Å². The number of nitrogens with one attached hydrogen (secondary N) is 1. The van der Waals surface area contributed by atoms with Crippen LogP contribution in [0.4, 0.5) is 10.2 Å². The van der Waals surface area contributed by atoms with Crippen LogP contribution in [-0.4, -0.2) is 16.5 Å². The Kier molecular flexibility index (Phi) is 3.70. The van der Waals surface area contributed by atoms with Crippen molar-refractivity contribution in [2.45, 2.75) is 32.6 Å². The SMILES string of the molecule is CC1CCCCC1CNc1cc(F)ncn1. The van der Waals surface area contributed by atoms with Crippen molar-refractivity contribution in [2.24, 2.45) is 11.8 Å². The molecule has 2 rings (SSSR count). The van der Waals surface area contributed by atoms with Gasteiger partial charge in [0.15, 0.2) is 0 Å². The summed E-state index contributed by atoms with van der Waals surface area (Å²) >= 11 is 0. The van der Waals surface area contributed by atoms with E-state index in [4.69, 9.17) is 0 Å². The lowest BCUT2D eigenvalue weighted by Crippen LogP contribution is -2.24. The Balaban J connectivity index is 1.86. The van der Waals surface area contributed by atoms with Crippen LogP contribution < -0.4 is 5.32 Å². The highest BCUT2D eigenvalue weighted by Gasteiger charge is 2.20. The van der Waals surface area contributed by atoms with Gasteiger partial charge >= 0.3 is 0 Å². The Labute approximate surface area is 95.5 Å². The maximum atomic E-state index is 12.8. The van der Waals surface area contributed by atoms with Crippen molar-refractivity contribution in [3.63, 3.8) is 0 Å². The molecule has 0 aromatic carbocycles. The number of rotatable bonds is 3. The van der Waals surface area contributed by atoms with Crippen LogP contribution in [0.3, 0.4) is 0 Å². The smallest absolute Gasteiger partial charge is 0.217 e. The first kappa shape index (κ1) is 11.3. The Hall–Kier alpha value is -1.19. The van der Waals surface area contributed by atoms with Crippen molar-refractivity contribution in [3.05, 3.63) is 18.3 Å². The Bertz CT molecular complexity index is 343. The molecule has 1 aromatic heterocycles. The topological polar surface area (TPSA) is 37.8 Å². The van der Waals surface area contributed by atoms with E-state index in [0.717, 1.165) is 12.5 Å². The summed E-state index contributed by atoms with van der Waals surface area (Å²) in [6.07, 6.45) is 6.49. The third-order valence-electron chi connectivity index (χ3n) is 3.47. The predicted octanol–water partition coefficient (Wildman–Crippen LogP) is 2.85. The summed E-state index contributed by atoms with van der Waals surface area (Å²) < 4.78 is 12.8. The van der Waals surface area contributed by atoms with Gasteiger partial charge < -0.3 is 5.32 Å². The minimum Gasteiger partial charge on any atom is -0.370 e. The van der Waals surface area contributed by atoms with Gasteiger partial charge in [-0.25, -0.2) is 9.97 Å². The van der Waals surface area contributed by atoms with Gasteiger partial charge in [-0.15, -0.1) is 0 Å². The first-order valence-corrected chi connectivity index (χ1v) is 5.97. The molecule has 88 valence electrons. The summed E-state index contributed by atoms with van der Waals surface area (Å²) in [7, 11) is 0. The molecule has 0 spiro atoms. The minimum atomic E-state index is -0.478. The zero-order chi connectivity index (χ0) is 11.4. The van der Waals surface area contributed by atoms with Crippen LogP contribution in [0.2, 0.25) is 0 Å². The van der Waals surface area contributed by atoms with E-state index in [1.54, 1.807) is 0 Å². The maximum Gasteiger partial charge on any atom is 0.217 e. The Morgan fingerprint density at radius 1 is 1.38 bits per heavy atom. The van der Waals surface area contributed by atoms with Crippen LogP contribution in [0.25, 0.3) is 0 Å². The third kappa shape index (κ3) is 2.90. The van der Waals surface area contributed by atoms with Gasteiger partial charge in [0, 0.05) is 12.6 Å². The lowest BCUT2D eigenvalue weighted by atomic mass is 9.80. The van der Waals surface area contributed by atoms with Crippen LogP contribution in [-0.2, 0) is 0 Å². The first-order chi connectivity index (χ1) is 7.75. The summed E-state index contributed by atoms with van der Waals surface area (Å²) in [5.74, 6) is 1.55. The van der Waals surface area contributed by atoms with Crippen molar-refractivity contribution in [1.29, 1.82) is 0 Å². The zero-order valence-corrected chi connectivity index (χ0v) is 9.62. The molecule has 1 fully saturated rings. The number of nitrogens with zero attached hydrogens (tertiary/aromatic N) is 2. The van der Waals surface area contributed by atoms with Gasteiger partial charge in [0.1, 0.15) is 12.1 Å². The minimum absolute atomic E-state index is 0.478. The van der Waals surface area contributed by atoms with E-state index >= 15 is 0 Å². The third-order valence-corrected chi connectivity index (χ3v) is 3.47. The molecular weight excluding hydrogens is 205 g/mol. The molecule has 0 saturated heterocycles. The molecule has 0 radical (unpaired) electrons. The second kappa shape index (κ2) is 5.23. The fourth-order valence-corrected chi connectivity index (χ4v) is 2.36. The summed E-state index contributed by atoms with van der Waals surface area (Å²) in [5.41, 5.74) is 0. The van der Waals surface area contributed by atoms with Gasteiger partial charge in [0.2, 0.25) is 5.95 Å². The molecule has 3 nitrogen and oxygen atoms in total. The highest BCUT2D eigenvalue weighted by atomic mass is 19.1. The molecule has 1 aliphatic carbocycles. The van der Waals surface area contributed by atoms with Crippen LogP contribution in [0.15, 0.2) is 12.4 Å². The van der Waals surface area contributed by atoms with Crippen molar-refractivity contribution in [2.75, 3.05) is 11.9 Å². The number of aromatic nitrogens is 2. The first-order valence-electron chi connectivity index (χ1n) is 5.97. The van der Waals surface area contributed by atoms with E-state index in [1.165, 1.54) is 38.1 Å². The van der Waals surface area contributed by atoms with Crippen molar-refractivity contribution in [3.8, 4) is 0 Å². The molecule has 4 heteroatoms. The van der Waals surface area contributed by atoms with Gasteiger partial charge in [-0.05, 0) is 18.3 Å².